The number of ether oxygens (including phenoxy) is 2. The lowest BCUT2D eigenvalue weighted by Gasteiger charge is -2.23. The summed E-state index contributed by atoms with van der Waals surface area (Å²) in [5, 5.41) is 9.34. The van der Waals surface area contributed by atoms with Crippen LogP contribution in [-0.2, 0) is 19.1 Å². The smallest absolute Gasteiger partial charge is 0.294 e. The average Bonchev–Trinajstić information content (AvgIpc) is 2.70. The Bertz CT molecular complexity index is 336. The van der Waals surface area contributed by atoms with E-state index in [-0.39, 0.29) is 19.0 Å². The van der Waals surface area contributed by atoms with Gasteiger partial charge >= 0.3 is 0 Å². The van der Waals surface area contributed by atoms with Crippen molar-refractivity contribution in [3.63, 3.8) is 0 Å². The molecule has 0 aromatic heterocycles. The Kier molecular flexibility index (Phi) is 2.81. The molecule has 0 unspecified atom stereocenters. The number of fused-ring (bicyclic) bond motifs is 1. The molecule has 0 amide bonds. The Hall–Kier alpha value is -0.860. The number of nitrogens with zero attached hydrogens (tertiary/aromatic N) is 1. The molecular formula is C8H11NO6S. The predicted molar refractivity (Wildman–Crippen MR) is 53.7 cm³/mol. The van der Waals surface area contributed by atoms with Crippen molar-refractivity contribution < 1.29 is 24.2 Å². The number of rotatable bonds is 3. The molecule has 0 saturated carbocycles. The number of thiol groups is 1. The first-order chi connectivity index (χ1) is 7.45. The standard InChI is InChI=1S/C8H11NO6S/c1-4(10)8(16)3-14-6-5(15-9(11)12)2-13-7(6)8/h5-7,16H,2-3H2,1H3/t5-,6-,7+,8-/m1/s1. The maximum absolute atomic E-state index is 11.4. The van der Waals surface area contributed by atoms with E-state index in [1.165, 1.54) is 6.92 Å². The van der Waals surface area contributed by atoms with Gasteiger partial charge in [-0.15, -0.1) is 10.1 Å². The predicted octanol–water partition coefficient (Wildman–Crippen LogP) is -0.382. The number of carbonyl (C=O) groups excluding carboxylic acids is 1. The van der Waals surface area contributed by atoms with Gasteiger partial charge in [0, 0.05) is 0 Å². The van der Waals surface area contributed by atoms with Crippen LogP contribution in [0, 0.1) is 10.1 Å². The van der Waals surface area contributed by atoms with Crippen LogP contribution in [0.3, 0.4) is 0 Å². The molecule has 0 N–H and O–H groups in total. The van der Waals surface area contributed by atoms with E-state index in [4.69, 9.17) is 9.47 Å². The number of hydrogen-bond acceptors (Lipinski definition) is 7. The van der Waals surface area contributed by atoms with E-state index in [0.29, 0.717) is 0 Å². The lowest BCUT2D eigenvalue weighted by atomic mass is 9.96. The van der Waals surface area contributed by atoms with Gasteiger partial charge in [-0.05, 0) is 6.92 Å². The van der Waals surface area contributed by atoms with E-state index < -0.39 is 28.1 Å². The van der Waals surface area contributed by atoms with Gasteiger partial charge in [0.05, 0.1) is 13.2 Å². The van der Waals surface area contributed by atoms with E-state index in [2.05, 4.69) is 17.5 Å². The van der Waals surface area contributed by atoms with E-state index in [0.717, 1.165) is 0 Å². The molecule has 0 radical (unpaired) electrons. The van der Waals surface area contributed by atoms with Crippen molar-refractivity contribution in [1.82, 2.24) is 0 Å². The van der Waals surface area contributed by atoms with Crippen LogP contribution >= 0.6 is 12.6 Å². The summed E-state index contributed by atoms with van der Waals surface area (Å²) in [5.74, 6) is -0.176. The van der Waals surface area contributed by atoms with Crippen molar-refractivity contribution in [1.29, 1.82) is 0 Å². The summed E-state index contributed by atoms with van der Waals surface area (Å²) in [5.41, 5.74) is 0. The highest BCUT2D eigenvalue weighted by atomic mass is 32.1. The van der Waals surface area contributed by atoms with Gasteiger partial charge in [0.1, 0.15) is 17.0 Å². The van der Waals surface area contributed by atoms with Crippen molar-refractivity contribution in [3.8, 4) is 0 Å². The first kappa shape index (κ1) is 11.6. The molecule has 2 aliphatic rings. The van der Waals surface area contributed by atoms with Crippen LogP contribution in [0.1, 0.15) is 6.92 Å². The number of Topliss-reactive ketones (excluding diaryl/α,β-unsaturated/α-hetero) is 1. The second kappa shape index (κ2) is 3.86. The highest BCUT2D eigenvalue weighted by Gasteiger charge is 2.58. The molecule has 2 saturated heterocycles. The minimum absolute atomic E-state index is 0.0336. The van der Waals surface area contributed by atoms with Gasteiger partial charge in [0.2, 0.25) is 0 Å². The highest BCUT2D eigenvalue weighted by molar-refractivity contribution is 7.82. The normalized spacial score (nSPS) is 41.8. The Morgan fingerprint density at radius 3 is 2.88 bits per heavy atom. The van der Waals surface area contributed by atoms with Crippen molar-refractivity contribution in [2.24, 2.45) is 0 Å². The Labute approximate surface area is 96.5 Å². The molecule has 8 heteroatoms. The summed E-state index contributed by atoms with van der Waals surface area (Å²) in [7, 11) is 0. The second-order valence-electron chi connectivity index (χ2n) is 3.88. The third-order valence-corrected chi connectivity index (χ3v) is 3.60. The minimum atomic E-state index is -1.03. The van der Waals surface area contributed by atoms with Crippen LogP contribution < -0.4 is 0 Å². The van der Waals surface area contributed by atoms with Gasteiger partial charge in [-0.3, -0.25) is 4.79 Å². The Balaban J connectivity index is 2.12. The van der Waals surface area contributed by atoms with E-state index in [9.17, 15) is 14.9 Å². The zero-order chi connectivity index (χ0) is 11.9. The van der Waals surface area contributed by atoms with Gasteiger partial charge in [-0.2, -0.15) is 12.6 Å². The fraction of sp³-hybridized carbons (Fsp3) is 0.875. The van der Waals surface area contributed by atoms with Crippen LogP contribution in [0.25, 0.3) is 0 Å². The first-order valence-corrected chi connectivity index (χ1v) is 5.17. The van der Waals surface area contributed by atoms with Crippen molar-refractivity contribution >= 4 is 18.4 Å². The van der Waals surface area contributed by atoms with Crippen LogP contribution in [0.15, 0.2) is 0 Å². The molecule has 0 aromatic rings. The van der Waals surface area contributed by atoms with Crippen LogP contribution in [0.2, 0.25) is 0 Å². The first-order valence-electron chi connectivity index (χ1n) is 4.73. The zero-order valence-corrected chi connectivity index (χ0v) is 9.38. The minimum Gasteiger partial charge on any atom is -0.371 e. The molecular weight excluding hydrogens is 238 g/mol. The quantitative estimate of drug-likeness (QED) is 0.416. The molecule has 0 bridgehead atoms. The fourth-order valence-corrected chi connectivity index (χ4v) is 2.29. The third-order valence-electron chi connectivity index (χ3n) is 2.90. The van der Waals surface area contributed by atoms with Crippen molar-refractivity contribution in [2.45, 2.75) is 30.0 Å². The summed E-state index contributed by atoms with van der Waals surface area (Å²) in [4.78, 5) is 26.1. The lowest BCUT2D eigenvalue weighted by molar-refractivity contribution is -0.769. The van der Waals surface area contributed by atoms with Gasteiger partial charge in [0.25, 0.3) is 5.09 Å². The molecule has 0 spiro atoms. The molecule has 7 nitrogen and oxygen atoms in total. The number of ketones is 1. The van der Waals surface area contributed by atoms with E-state index in [1.54, 1.807) is 0 Å². The zero-order valence-electron chi connectivity index (χ0n) is 8.49. The summed E-state index contributed by atoms with van der Waals surface area (Å²) in [6.45, 7) is 1.51. The average molecular weight is 249 g/mol. The fourth-order valence-electron chi connectivity index (χ4n) is 2.00. The SMILES string of the molecule is CC(=O)[C@]1(S)CO[C@@H]2[C@H](O[N+](=O)[O-])CO[C@@H]21. The summed E-state index contributed by atoms with van der Waals surface area (Å²) in [6.07, 6.45) is -1.97. The summed E-state index contributed by atoms with van der Waals surface area (Å²) >= 11 is 4.26. The van der Waals surface area contributed by atoms with Gasteiger partial charge in [-0.1, -0.05) is 0 Å². The topological polar surface area (TPSA) is 87.9 Å². The Morgan fingerprint density at radius 1 is 1.62 bits per heavy atom. The van der Waals surface area contributed by atoms with Crippen LogP contribution in [0.4, 0.5) is 0 Å². The van der Waals surface area contributed by atoms with Gasteiger partial charge in [-0.25, -0.2) is 0 Å². The van der Waals surface area contributed by atoms with Gasteiger partial charge < -0.3 is 14.3 Å². The second-order valence-corrected chi connectivity index (χ2v) is 4.68. The van der Waals surface area contributed by atoms with Crippen LogP contribution in [-0.4, -0.2) is 47.1 Å². The van der Waals surface area contributed by atoms with Gasteiger partial charge in [0.15, 0.2) is 11.9 Å². The monoisotopic (exact) mass is 249 g/mol. The van der Waals surface area contributed by atoms with Crippen molar-refractivity contribution in [3.05, 3.63) is 10.1 Å². The lowest BCUT2D eigenvalue weighted by Crippen LogP contribution is -2.44. The molecule has 0 aromatic carbocycles. The molecule has 90 valence electrons. The highest BCUT2D eigenvalue weighted by Crippen LogP contribution is 2.39. The molecule has 16 heavy (non-hydrogen) atoms. The molecule has 2 rings (SSSR count). The van der Waals surface area contributed by atoms with E-state index in [1.807, 2.05) is 0 Å². The third kappa shape index (κ3) is 1.66. The molecule has 2 heterocycles. The van der Waals surface area contributed by atoms with Crippen molar-refractivity contribution in [2.75, 3.05) is 13.2 Å². The van der Waals surface area contributed by atoms with Crippen LogP contribution in [0.5, 0.6) is 0 Å². The molecule has 0 aliphatic carbocycles. The summed E-state index contributed by atoms with van der Waals surface area (Å²) in [6, 6.07) is 0. The molecule has 2 fully saturated rings. The summed E-state index contributed by atoms with van der Waals surface area (Å²) < 4.78 is 9.60. The maximum Gasteiger partial charge on any atom is 0.294 e. The van der Waals surface area contributed by atoms with E-state index >= 15 is 0 Å². The maximum atomic E-state index is 11.4. The Morgan fingerprint density at radius 2 is 2.31 bits per heavy atom. The molecule has 4 atom stereocenters. The largest absolute Gasteiger partial charge is 0.371 e. The number of hydrogen-bond donors (Lipinski definition) is 1. The number of carbonyl (C=O) groups is 1. The molecule has 2 aliphatic heterocycles.